The predicted molar refractivity (Wildman–Crippen MR) is 81.7 cm³/mol. The summed E-state index contributed by atoms with van der Waals surface area (Å²) in [6, 6.07) is 2.70. The first-order valence-corrected chi connectivity index (χ1v) is 8.13. The van der Waals surface area contributed by atoms with Crippen molar-refractivity contribution in [3.05, 3.63) is 23.9 Å². The van der Waals surface area contributed by atoms with Gasteiger partial charge in [0.25, 0.3) is 0 Å². The first kappa shape index (κ1) is 16.9. The number of carbonyl (C=O) groups excluding carboxylic acids is 1. The van der Waals surface area contributed by atoms with Crippen molar-refractivity contribution in [3.63, 3.8) is 0 Å². The first-order valence-electron chi connectivity index (χ1n) is 8.13. The summed E-state index contributed by atoms with van der Waals surface area (Å²) in [7, 11) is 0. The normalized spacial score (nSPS) is 25.5. The third-order valence-electron chi connectivity index (χ3n) is 4.76. The lowest BCUT2D eigenvalue weighted by Crippen LogP contribution is -2.47. The molecule has 24 heavy (non-hydrogen) atoms. The lowest BCUT2D eigenvalue weighted by atomic mass is 9.91. The van der Waals surface area contributed by atoms with Gasteiger partial charge in [-0.15, -0.1) is 0 Å². The molecule has 1 saturated heterocycles. The van der Waals surface area contributed by atoms with E-state index in [1.807, 2.05) is 0 Å². The second-order valence-corrected chi connectivity index (χ2v) is 6.21. The van der Waals surface area contributed by atoms with Crippen molar-refractivity contribution in [1.29, 1.82) is 0 Å². The van der Waals surface area contributed by atoms with Crippen LogP contribution in [0, 0.1) is 5.92 Å². The SMILES string of the molecule is O=C(NCc1ccnc(OC(F)F)c1)NC[C@@]12CCC[C@@H]1CCO2. The number of hydrogen-bond acceptors (Lipinski definition) is 4. The summed E-state index contributed by atoms with van der Waals surface area (Å²) in [6.07, 6.45) is 5.70. The Balaban J connectivity index is 1.46. The number of rotatable bonds is 6. The van der Waals surface area contributed by atoms with Gasteiger partial charge in [0, 0.05) is 32.0 Å². The standard InChI is InChI=1S/C16H21F2N3O3/c17-14(18)24-13-8-11(3-6-19-13)9-20-15(22)21-10-16-5-1-2-12(16)4-7-23-16/h3,6,8,12,14H,1-2,4-5,7,9-10H2,(H2,20,21,22)/t12-,16+/m1/s1. The van der Waals surface area contributed by atoms with Gasteiger partial charge in [0.05, 0.1) is 5.60 Å². The summed E-state index contributed by atoms with van der Waals surface area (Å²) < 4.78 is 34.5. The van der Waals surface area contributed by atoms with Crippen LogP contribution in [0.15, 0.2) is 18.3 Å². The third-order valence-corrected chi connectivity index (χ3v) is 4.76. The molecule has 8 heteroatoms. The highest BCUT2D eigenvalue weighted by Crippen LogP contribution is 2.44. The second kappa shape index (κ2) is 7.29. The van der Waals surface area contributed by atoms with Crippen molar-refractivity contribution in [2.24, 2.45) is 5.92 Å². The molecule has 0 radical (unpaired) electrons. The zero-order valence-electron chi connectivity index (χ0n) is 13.3. The van der Waals surface area contributed by atoms with Gasteiger partial charge in [0.1, 0.15) is 0 Å². The van der Waals surface area contributed by atoms with E-state index in [1.165, 1.54) is 12.3 Å². The number of amides is 2. The largest absolute Gasteiger partial charge is 0.417 e. The minimum atomic E-state index is -2.92. The zero-order chi connectivity index (χ0) is 17.0. The van der Waals surface area contributed by atoms with Gasteiger partial charge in [0.15, 0.2) is 0 Å². The Morgan fingerprint density at radius 2 is 2.33 bits per heavy atom. The first-order chi connectivity index (χ1) is 11.6. The van der Waals surface area contributed by atoms with E-state index in [2.05, 4.69) is 20.4 Å². The maximum absolute atomic E-state index is 12.2. The number of alkyl halides is 2. The van der Waals surface area contributed by atoms with Crippen molar-refractivity contribution in [1.82, 2.24) is 15.6 Å². The highest BCUT2D eigenvalue weighted by Gasteiger charge is 2.47. The van der Waals surface area contributed by atoms with E-state index in [1.54, 1.807) is 6.07 Å². The molecule has 1 saturated carbocycles. The molecule has 0 spiro atoms. The van der Waals surface area contributed by atoms with E-state index < -0.39 is 6.61 Å². The number of aromatic nitrogens is 1. The van der Waals surface area contributed by atoms with Crippen LogP contribution in [0.25, 0.3) is 0 Å². The molecule has 1 aliphatic heterocycles. The molecule has 1 aliphatic carbocycles. The molecule has 132 valence electrons. The highest BCUT2D eigenvalue weighted by molar-refractivity contribution is 5.73. The molecule has 1 aromatic heterocycles. The van der Waals surface area contributed by atoms with Crippen molar-refractivity contribution in [2.45, 2.75) is 44.4 Å². The molecule has 2 aliphatic rings. The summed E-state index contributed by atoms with van der Waals surface area (Å²) >= 11 is 0. The Morgan fingerprint density at radius 1 is 1.46 bits per heavy atom. The minimum Gasteiger partial charge on any atom is -0.417 e. The molecule has 2 fully saturated rings. The van der Waals surface area contributed by atoms with Gasteiger partial charge in [-0.2, -0.15) is 8.78 Å². The number of urea groups is 1. The Hall–Kier alpha value is -1.96. The fraction of sp³-hybridized carbons (Fsp3) is 0.625. The second-order valence-electron chi connectivity index (χ2n) is 6.21. The summed E-state index contributed by atoms with van der Waals surface area (Å²) in [4.78, 5) is 15.7. The van der Waals surface area contributed by atoms with E-state index in [4.69, 9.17) is 4.74 Å². The number of pyridine rings is 1. The van der Waals surface area contributed by atoms with Crippen LogP contribution < -0.4 is 15.4 Å². The van der Waals surface area contributed by atoms with Gasteiger partial charge in [-0.1, -0.05) is 6.42 Å². The topological polar surface area (TPSA) is 72.5 Å². The number of halogens is 2. The van der Waals surface area contributed by atoms with Crippen molar-refractivity contribution >= 4 is 6.03 Å². The zero-order valence-corrected chi connectivity index (χ0v) is 13.3. The van der Waals surface area contributed by atoms with Crippen LogP contribution in [0.3, 0.4) is 0 Å². The molecular weight excluding hydrogens is 320 g/mol. The van der Waals surface area contributed by atoms with E-state index >= 15 is 0 Å². The van der Waals surface area contributed by atoms with E-state index in [-0.39, 0.29) is 24.1 Å². The molecule has 0 aromatic carbocycles. The Labute approximate surface area is 138 Å². The van der Waals surface area contributed by atoms with Gasteiger partial charge in [-0.3, -0.25) is 0 Å². The number of nitrogens with zero attached hydrogens (tertiary/aromatic N) is 1. The summed E-state index contributed by atoms with van der Waals surface area (Å²) in [6.45, 7) is -1.46. The van der Waals surface area contributed by atoms with Crippen molar-refractivity contribution < 1.29 is 23.0 Å². The highest BCUT2D eigenvalue weighted by atomic mass is 19.3. The van der Waals surface area contributed by atoms with E-state index in [0.29, 0.717) is 18.0 Å². The molecule has 2 N–H and O–H groups in total. The van der Waals surface area contributed by atoms with Gasteiger partial charge in [-0.25, -0.2) is 9.78 Å². The van der Waals surface area contributed by atoms with Gasteiger partial charge >= 0.3 is 12.6 Å². The molecule has 3 rings (SSSR count). The van der Waals surface area contributed by atoms with Gasteiger partial charge in [0.2, 0.25) is 5.88 Å². The van der Waals surface area contributed by atoms with Gasteiger partial charge in [-0.05, 0) is 36.8 Å². The minimum absolute atomic E-state index is 0.170. The number of nitrogens with one attached hydrogen (secondary N) is 2. The summed E-state index contributed by atoms with van der Waals surface area (Å²) in [5, 5.41) is 5.57. The number of carbonyl (C=O) groups is 1. The van der Waals surface area contributed by atoms with Crippen LogP contribution in [0.2, 0.25) is 0 Å². The molecular formula is C16H21F2N3O3. The Kier molecular flexibility index (Phi) is 5.13. The molecule has 0 bridgehead atoms. The molecule has 0 unspecified atom stereocenters. The third kappa shape index (κ3) is 3.92. The van der Waals surface area contributed by atoms with Crippen LogP contribution >= 0.6 is 0 Å². The van der Waals surface area contributed by atoms with Gasteiger partial charge < -0.3 is 20.1 Å². The van der Waals surface area contributed by atoms with Crippen molar-refractivity contribution in [3.8, 4) is 5.88 Å². The Bertz CT molecular complexity index is 575. The lowest BCUT2D eigenvalue weighted by molar-refractivity contribution is -0.0529. The summed E-state index contributed by atoms with van der Waals surface area (Å²) in [5.74, 6) is 0.365. The van der Waals surface area contributed by atoms with Crippen LogP contribution in [-0.2, 0) is 11.3 Å². The fourth-order valence-corrected chi connectivity index (χ4v) is 3.59. The quantitative estimate of drug-likeness (QED) is 0.834. The monoisotopic (exact) mass is 341 g/mol. The fourth-order valence-electron chi connectivity index (χ4n) is 3.59. The predicted octanol–water partition coefficient (Wildman–Crippen LogP) is 2.44. The average molecular weight is 341 g/mol. The van der Waals surface area contributed by atoms with Crippen LogP contribution in [0.5, 0.6) is 5.88 Å². The maximum atomic E-state index is 12.2. The van der Waals surface area contributed by atoms with E-state index in [9.17, 15) is 13.6 Å². The number of fused-ring (bicyclic) bond motifs is 1. The smallest absolute Gasteiger partial charge is 0.388 e. The number of ether oxygens (including phenoxy) is 2. The lowest BCUT2D eigenvalue weighted by Gasteiger charge is -2.28. The van der Waals surface area contributed by atoms with Crippen molar-refractivity contribution in [2.75, 3.05) is 13.2 Å². The van der Waals surface area contributed by atoms with Crippen LogP contribution in [0.4, 0.5) is 13.6 Å². The van der Waals surface area contributed by atoms with Crippen LogP contribution in [-0.4, -0.2) is 36.4 Å². The summed E-state index contributed by atoms with van der Waals surface area (Å²) in [5.41, 5.74) is 0.427. The Morgan fingerprint density at radius 3 is 3.17 bits per heavy atom. The van der Waals surface area contributed by atoms with E-state index in [0.717, 1.165) is 32.3 Å². The molecule has 6 nitrogen and oxygen atoms in total. The molecule has 2 amide bonds. The number of hydrogen-bond donors (Lipinski definition) is 2. The molecule has 2 heterocycles. The molecule has 2 atom stereocenters. The molecule has 1 aromatic rings. The maximum Gasteiger partial charge on any atom is 0.388 e. The average Bonchev–Trinajstić information content (AvgIpc) is 3.10. The van der Waals surface area contributed by atoms with Crippen LogP contribution in [0.1, 0.15) is 31.2 Å².